The molecule has 4 nitrogen and oxygen atoms in total. The molecule has 0 radical (unpaired) electrons. The molecule has 1 aromatic carbocycles. The molecular formula is C15H6BrCl2N3OS. The van der Waals surface area contributed by atoms with Gasteiger partial charge in [-0.05, 0) is 39.7 Å². The Labute approximate surface area is 152 Å². The highest BCUT2D eigenvalue weighted by atomic mass is 79.9. The van der Waals surface area contributed by atoms with Crippen LogP contribution in [0.15, 0.2) is 39.7 Å². The van der Waals surface area contributed by atoms with Crippen molar-refractivity contribution < 1.29 is 0 Å². The van der Waals surface area contributed by atoms with Gasteiger partial charge in [-0.3, -0.25) is 4.79 Å². The van der Waals surface area contributed by atoms with Crippen molar-refractivity contribution >= 4 is 72.7 Å². The third kappa shape index (κ3) is 2.46. The number of benzene rings is 1. The molecule has 0 atom stereocenters. The molecular weight excluding hydrogens is 421 g/mol. The average Bonchev–Trinajstić information content (AvgIpc) is 3.00. The number of fused-ring (bicyclic) bond motifs is 3. The fraction of sp³-hybridized carbons (Fsp3) is 0. The van der Waals surface area contributed by atoms with Gasteiger partial charge in [-0.1, -0.05) is 46.7 Å². The maximum absolute atomic E-state index is 12.7. The van der Waals surface area contributed by atoms with Crippen LogP contribution < -0.4 is 10.1 Å². The molecule has 0 amide bonds. The molecule has 23 heavy (non-hydrogen) atoms. The maximum Gasteiger partial charge on any atom is 0.276 e. The fourth-order valence-corrected chi connectivity index (χ4v) is 3.94. The van der Waals surface area contributed by atoms with Crippen LogP contribution in [0.2, 0.25) is 10.0 Å². The standard InChI is InChI=1S/C15H6BrCl2N3OS/c16-8-5-10-13(19-6-8)21-14(22)11(23-15(21)20-10)4-7-2-1-3-9(17)12(7)18/h1-6H. The number of rotatable bonds is 1. The molecule has 0 N–H and O–H groups in total. The van der Waals surface area contributed by atoms with Gasteiger partial charge in [0.1, 0.15) is 5.52 Å². The lowest BCUT2D eigenvalue weighted by molar-refractivity contribution is 1.15. The van der Waals surface area contributed by atoms with Gasteiger partial charge in [0.2, 0.25) is 0 Å². The minimum absolute atomic E-state index is 0.168. The summed E-state index contributed by atoms with van der Waals surface area (Å²) in [4.78, 5) is 22.0. The van der Waals surface area contributed by atoms with E-state index in [-0.39, 0.29) is 5.56 Å². The van der Waals surface area contributed by atoms with E-state index in [4.69, 9.17) is 23.2 Å². The minimum atomic E-state index is -0.168. The molecule has 114 valence electrons. The quantitative estimate of drug-likeness (QED) is 0.463. The van der Waals surface area contributed by atoms with E-state index in [0.29, 0.717) is 36.3 Å². The number of imidazole rings is 1. The van der Waals surface area contributed by atoms with Crippen molar-refractivity contribution in [3.63, 3.8) is 0 Å². The first-order chi connectivity index (χ1) is 11.0. The van der Waals surface area contributed by atoms with E-state index in [2.05, 4.69) is 25.9 Å². The molecule has 0 unspecified atom stereocenters. The highest BCUT2D eigenvalue weighted by molar-refractivity contribution is 9.10. The third-order valence-electron chi connectivity index (χ3n) is 3.32. The average molecular weight is 427 g/mol. The first-order valence-corrected chi connectivity index (χ1v) is 8.83. The van der Waals surface area contributed by atoms with Crippen molar-refractivity contribution in [3.05, 3.63) is 65.4 Å². The van der Waals surface area contributed by atoms with Crippen molar-refractivity contribution in [3.8, 4) is 0 Å². The fourth-order valence-electron chi connectivity index (χ4n) is 2.29. The van der Waals surface area contributed by atoms with Crippen LogP contribution in [-0.4, -0.2) is 14.4 Å². The summed E-state index contributed by atoms with van der Waals surface area (Å²) in [6.07, 6.45) is 3.37. The molecule has 0 aliphatic heterocycles. The third-order valence-corrected chi connectivity index (χ3v) is 5.55. The smallest absolute Gasteiger partial charge is 0.267 e. The van der Waals surface area contributed by atoms with Crippen molar-refractivity contribution in [1.82, 2.24) is 14.4 Å². The van der Waals surface area contributed by atoms with Crippen LogP contribution >= 0.6 is 50.5 Å². The first-order valence-electron chi connectivity index (χ1n) is 6.47. The molecule has 3 aromatic heterocycles. The van der Waals surface area contributed by atoms with Gasteiger partial charge in [-0.15, -0.1) is 0 Å². The summed E-state index contributed by atoms with van der Waals surface area (Å²) in [7, 11) is 0. The Hall–Kier alpha value is -1.47. The minimum Gasteiger partial charge on any atom is -0.267 e. The van der Waals surface area contributed by atoms with Gasteiger partial charge in [0.25, 0.3) is 5.56 Å². The van der Waals surface area contributed by atoms with E-state index >= 15 is 0 Å². The Kier molecular flexibility index (Phi) is 3.65. The summed E-state index contributed by atoms with van der Waals surface area (Å²) in [5.41, 5.74) is 1.75. The van der Waals surface area contributed by atoms with Gasteiger partial charge in [-0.2, -0.15) is 0 Å². The monoisotopic (exact) mass is 425 g/mol. The van der Waals surface area contributed by atoms with Crippen LogP contribution in [0.4, 0.5) is 0 Å². The number of hydrogen-bond acceptors (Lipinski definition) is 4. The number of pyridine rings is 1. The van der Waals surface area contributed by atoms with Crippen LogP contribution in [-0.2, 0) is 0 Å². The van der Waals surface area contributed by atoms with Crippen LogP contribution in [0.5, 0.6) is 0 Å². The van der Waals surface area contributed by atoms with Crippen molar-refractivity contribution in [1.29, 1.82) is 0 Å². The molecule has 0 aliphatic carbocycles. The second-order valence-electron chi connectivity index (χ2n) is 4.78. The van der Waals surface area contributed by atoms with E-state index in [1.54, 1.807) is 24.4 Å². The van der Waals surface area contributed by atoms with E-state index in [0.717, 1.165) is 4.47 Å². The predicted octanol–water partition coefficient (Wildman–Crippen LogP) is 3.92. The number of halogens is 3. The van der Waals surface area contributed by atoms with Crippen molar-refractivity contribution in [2.75, 3.05) is 0 Å². The van der Waals surface area contributed by atoms with Crippen LogP contribution in [0.25, 0.3) is 22.2 Å². The Morgan fingerprint density at radius 2 is 2.13 bits per heavy atom. The largest absolute Gasteiger partial charge is 0.276 e. The van der Waals surface area contributed by atoms with Crippen LogP contribution in [0.3, 0.4) is 0 Å². The molecule has 0 aliphatic rings. The highest BCUT2D eigenvalue weighted by Crippen LogP contribution is 2.26. The van der Waals surface area contributed by atoms with Gasteiger partial charge in [-0.25, -0.2) is 14.4 Å². The molecule has 4 rings (SSSR count). The Bertz CT molecular complexity index is 1190. The summed E-state index contributed by atoms with van der Waals surface area (Å²) in [6, 6.07) is 7.13. The number of thiazole rings is 1. The van der Waals surface area contributed by atoms with Crippen molar-refractivity contribution in [2.45, 2.75) is 0 Å². The van der Waals surface area contributed by atoms with Gasteiger partial charge in [0.05, 0.1) is 14.6 Å². The lowest BCUT2D eigenvalue weighted by atomic mass is 10.2. The molecule has 0 fully saturated rings. The summed E-state index contributed by atoms with van der Waals surface area (Å²) in [6.45, 7) is 0. The van der Waals surface area contributed by atoms with Gasteiger partial charge in [0, 0.05) is 10.7 Å². The van der Waals surface area contributed by atoms with Crippen LogP contribution in [0, 0.1) is 0 Å². The summed E-state index contributed by atoms with van der Waals surface area (Å²) >= 11 is 16.8. The van der Waals surface area contributed by atoms with Gasteiger partial charge < -0.3 is 0 Å². The SMILES string of the molecule is O=c1c(=Cc2cccc(Cl)c2Cl)sc2nc3cc(Br)cnc3n12. The zero-order valence-electron chi connectivity index (χ0n) is 11.3. The summed E-state index contributed by atoms with van der Waals surface area (Å²) in [5, 5.41) is 0.873. The lowest BCUT2D eigenvalue weighted by Crippen LogP contribution is -2.23. The second kappa shape index (κ2) is 5.56. The zero-order chi connectivity index (χ0) is 16.1. The topological polar surface area (TPSA) is 47.3 Å². The molecule has 4 aromatic rings. The first kappa shape index (κ1) is 15.1. The lowest BCUT2D eigenvalue weighted by Gasteiger charge is -1.98. The van der Waals surface area contributed by atoms with Crippen LogP contribution in [0.1, 0.15) is 5.56 Å². The van der Waals surface area contributed by atoms with Gasteiger partial charge >= 0.3 is 0 Å². The summed E-state index contributed by atoms with van der Waals surface area (Å²) < 4.78 is 2.86. The normalized spacial score (nSPS) is 12.6. The van der Waals surface area contributed by atoms with E-state index in [1.165, 1.54) is 15.7 Å². The molecule has 8 heteroatoms. The highest BCUT2D eigenvalue weighted by Gasteiger charge is 2.13. The summed E-state index contributed by atoms with van der Waals surface area (Å²) in [5.74, 6) is 0. The zero-order valence-corrected chi connectivity index (χ0v) is 15.2. The number of aromatic nitrogens is 3. The molecule has 0 spiro atoms. The van der Waals surface area contributed by atoms with E-state index in [9.17, 15) is 4.79 Å². The Morgan fingerprint density at radius 1 is 1.30 bits per heavy atom. The maximum atomic E-state index is 12.7. The Balaban J connectivity index is 2.02. The second-order valence-corrected chi connectivity index (χ2v) is 7.49. The number of nitrogens with zero attached hydrogens (tertiary/aromatic N) is 3. The van der Waals surface area contributed by atoms with Gasteiger partial charge in [0.15, 0.2) is 10.6 Å². The van der Waals surface area contributed by atoms with Crippen molar-refractivity contribution in [2.24, 2.45) is 0 Å². The predicted molar refractivity (Wildman–Crippen MR) is 97.6 cm³/mol. The molecule has 0 bridgehead atoms. The molecule has 3 heterocycles. The Morgan fingerprint density at radius 3 is 2.96 bits per heavy atom. The molecule has 0 saturated heterocycles. The molecule has 0 saturated carbocycles. The number of hydrogen-bond donors (Lipinski definition) is 0. The van der Waals surface area contributed by atoms with E-state index in [1.807, 2.05) is 12.1 Å². The van der Waals surface area contributed by atoms with E-state index < -0.39 is 0 Å².